The van der Waals surface area contributed by atoms with Crippen LogP contribution in [0.1, 0.15) is 48.1 Å². The van der Waals surface area contributed by atoms with Crippen molar-refractivity contribution in [1.29, 1.82) is 0 Å². The molecule has 0 fully saturated rings. The molecular formula is C17H24N2OS. The first-order valence-electron chi connectivity index (χ1n) is 7.48. The molecule has 114 valence electrons. The number of aromatic nitrogens is 1. The number of benzene rings is 1. The Bertz CT molecular complexity index is 580. The van der Waals surface area contributed by atoms with Gasteiger partial charge in [-0.25, -0.2) is 4.98 Å². The van der Waals surface area contributed by atoms with E-state index in [9.17, 15) is 0 Å². The minimum Gasteiger partial charge on any atom is -0.486 e. The van der Waals surface area contributed by atoms with Crippen LogP contribution in [0, 0.1) is 13.8 Å². The SMILES string of the molecule is CCCNC(C)c1ccc(C)cc1OCc1nc(C)cs1. The van der Waals surface area contributed by atoms with Crippen LogP contribution < -0.4 is 10.1 Å². The number of hydrogen-bond acceptors (Lipinski definition) is 4. The Morgan fingerprint density at radius 2 is 2.14 bits per heavy atom. The summed E-state index contributed by atoms with van der Waals surface area (Å²) in [5.41, 5.74) is 3.48. The highest BCUT2D eigenvalue weighted by Gasteiger charge is 2.12. The number of aryl methyl sites for hydroxylation is 2. The fraction of sp³-hybridized carbons (Fsp3) is 0.471. The second-order valence-electron chi connectivity index (χ2n) is 5.39. The Labute approximate surface area is 131 Å². The van der Waals surface area contributed by atoms with Crippen molar-refractivity contribution < 1.29 is 4.74 Å². The van der Waals surface area contributed by atoms with E-state index in [0.29, 0.717) is 12.6 Å². The smallest absolute Gasteiger partial charge is 0.140 e. The highest BCUT2D eigenvalue weighted by Crippen LogP contribution is 2.27. The molecule has 1 heterocycles. The summed E-state index contributed by atoms with van der Waals surface area (Å²) in [5.74, 6) is 0.957. The van der Waals surface area contributed by atoms with Crippen molar-refractivity contribution in [1.82, 2.24) is 10.3 Å². The van der Waals surface area contributed by atoms with Crippen LogP contribution in [-0.2, 0) is 6.61 Å². The van der Waals surface area contributed by atoms with Gasteiger partial charge in [-0.1, -0.05) is 19.1 Å². The van der Waals surface area contributed by atoms with Crippen molar-refractivity contribution in [3.63, 3.8) is 0 Å². The molecule has 4 heteroatoms. The molecule has 1 aromatic heterocycles. The molecule has 0 saturated carbocycles. The third-order valence-electron chi connectivity index (χ3n) is 3.35. The average molecular weight is 304 g/mol. The predicted molar refractivity (Wildman–Crippen MR) is 89.1 cm³/mol. The van der Waals surface area contributed by atoms with Crippen LogP contribution in [0.25, 0.3) is 0 Å². The Morgan fingerprint density at radius 1 is 1.33 bits per heavy atom. The molecular weight excluding hydrogens is 280 g/mol. The highest BCUT2D eigenvalue weighted by molar-refractivity contribution is 7.09. The highest BCUT2D eigenvalue weighted by atomic mass is 32.1. The van der Waals surface area contributed by atoms with Gasteiger partial charge in [-0.15, -0.1) is 11.3 Å². The van der Waals surface area contributed by atoms with Crippen LogP contribution in [0.4, 0.5) is 0 Å². The molecule has 0 spiro atoms. The number of hydrogen-bond donors (Lipinski definition) is 1. The minimum atomic E-state index is 0.290. The fourth-order valence-corrected chi connectivity index (χ4v) is 2.89. The van der Waals surface area contributed by atoms with Gasteiger partial charge >= 0.3 is 0 Å². The zero-order chi connectivity index (χ0) is 15.2. The van der Waals surface area contributed by atoms with Crippen LogP contribution >= 0.6 is 11.3 Å². The fourth-order valence-electron chi connectivity index (χ4n) is 2.20. The number of nitrogens with one attached hydrogen (secondary N) is 1. The molecule has 1 unspecified atom stereocenters. The second kappa shape index (κ2) is 7.57. The van der Waals surface area contributed by atoms with E-state index < -0.39 is 0 Å². The van der Waals surface area contributed by atoms with E-state index in [4.69, 9.17) is 4.74 Å². The van der Waals surface area contributed by atoms with Gasteiger partial charge in [-0.05, 0) is 45.4 Å². The lowest BCUT2D eigenvalue weighted by Crippen LogP contribution is -2.20. The van der Waals surface area contributed by atoms with E-state index in [1.165, 1.54) is 11.1 Å². The molecule has 2 rings (SSSR count). The first kappa shape index (κ1) is 16.0. The molecule has 0 radical (unpaired) electrons. The number of thiazole rings is 1. The minimum absolute atomic E-state index is 0.290. The average Bonchev–Trinajstić information content (AvgIpc) is 2.88. The van der Waals surface area contributed by atoms with Crippen LogP contribution in [0.5, 0.6) is 5.75 Å². The summed E-state index contributed by atoms with van der Waals surface area (Å²) in [7, 11) is 0. The topological polar surface area (TPSA) is 34.1 Å². The van der Waals surface area contributed by atoms with Crippen molar-refractivity contribution >= 4 is 11.3 Å². The van der Waals surface area contributed by atoms with Gasteiger partial charge in [0.15, 0.2) is 0 Å². The van der Waals surface area contributed by atoms with Crippen LogP contribution in [-0.4, -0.2) is 11.5 Å². The molecule has 0 bridgehead atoms. The van der Waals surface area contributed by atoms with Gasteiger partial charge in [-0.2, -0.15) is 0 Å². The predicted octanol–water partition coefficient (Wildman–Crippen LogP) is 4.40. The molecule has 3 nitrogen and oxygen atoms in total. The van der Waals surface area contributed by atoms with Gasteiger partial charge in [0.2, 0.25) is 0 Å². The molecule has 0 saturated heterocycles. The van der Waals surface area contributed by atoms with E-state index in [1.54, 1.807) is 11.3 Å². The Morgan fingerprint density at radius 3 is 2.81 bits per heavy atom. The molecule has 1 aromatic carbocycles. The third-order valence-corrected chi connectivity index (χ3v) is 4.29. The van der Waals surface area contributed by atoms with Crippen LogP contribution in [0.2, 0.25) is 0 Å². The van der Waals surface area contributed by atoms with E-state index >= 15 is 0 Å². The third kappa shape index (κ3) is 4.55. The van der Waals surface area contributed by atoms with Gasteiger partial charge in [0.1, 0.15) is 17.4 Å². The van der Waals surface area contributed by atoms with Crippen molar-refractivity contribution in [3.8, 4) is 5.75 Å². The van der Waals surface area contributed by atoms with E-state index in [2.05, 4.69) is 54.7 Å². The number of nitrogens with zero attached hydrogens (tertiary/aromatic N) is 1. The van der Waals surface area contributed by atoms with Gasteiger partial charge < -0.3 is 10.1 Å². The number of ether oxygens (including phenoxy) is 1. The van der Waals surface area contributed by atoms with Crippen LogP contribution in [0.15, 0.2) is 23.6 Å². The zero-order valence-corrected chi connectivity index (χ0v) is 14.1. The van der Waals surface area contributed by atoms with Crippen molar-refractivity contribution in [2.75, 3.05) is 6.54 Å². The lowest BCUT2D eigenvalue weighted by molar-refractivity contribution is 0.298. The second-order valence-corrected chi connectivity index (χ2v) is 6.33. The van der Waals surface area contributed by atoms with E-state index in [0.717, 1.165) is 29.4 Å². The van der Waals surface area contributed by atoms with Gasteiger partial charge in [0.05, 0.1) is 0 Å². The van der Waals surface area contributed by atoms with Crippen molar-refractivity contribution in [3.05, 3.63) is 45.4 Å². The van der Waals surface area contributed by atoms with Crippen LogP contribution in [0.3, 0.4) is 0 Å². The Hall–Kier alpha value is -1.39. The summed E-state index contributed by atoms with van der Waals surface area (Å²) in [6, 6.07) is 6.70. The molecule has 0 aliphatic heterocycles. The summed E-state index contributed by atoms with van der Waals surface area (Å²) < 4.78 is 6.03. The van der Waals surface area contributed by atoms with Gasteiger partial charge in [0.25, 0.3) is 0 Å². The van der Waals surface area contributed by atoms with Gasteiger partial charge in [0, 0.05) is 22.7 Å². The maximum Gasteiger partial charge on any atom is 0.140 e. The Kier molecular flexibility index (Phi) is 5.76. The largest absolute Gasteiger partial charge is 0.486 e. The summed E-state index contributed by atoms with van der Waals surface area (Å²) >= 11 is 1.65. The van der Waals surface area contributed by atoms with Crippen molar-refractivity contribution in [2.45, 2.75) is 46.8 Å². The molecule has 1 atom stereocenters. The summed E-state index contributed by atoms with van der Waals surface area (Å²) in [6.45, 7) is 10.0. The molecule has 2 aromatic rings. The molecule has 0 aliphatic rings. The number of rotatable bonds is 7. The summed E-state index contributed by atoms with van der Waals surface area (Å²) in [4.78, 5) is 4.45. The normalized spacial score (nSPS) is 12.4. The lowest BCUT2D eigenvalue weighted by atomic mass is 10.0. The summed E-state index contributed by atoms with van der Waals surface area (Å²) in [6.07, 6.45) is 1.13. The first-order valence-corrected chi connectivity index (χ1v) is 8.36. The molecule has 0 amide bonds. The molecule has 1 N–H and O–H groups in total. The lowest BCUT2D eigenvalue weighted by Gasteiger charge is -2.18. The monoisotopic (exact) mass is 304 g/mol. The summed E-state index contributed by atoms with van der Waals surface area (Å²) in [5, 5.41) is 6.60. The Balaban J connectivity index is 2.10. The molecule has 21 heavy (non-hydrogen) atoms. The van der Waals surface area contributed by atoms with E-state index in [-0.39, 0.29) is 0 Å². The molecule has 0 aliphatic carbocycles. The first-order chi connectivity index (χ1) is 10.1. The zero-order valence-electron chi connectivity index (χ0n) is 13.3. The van der Waals surface area contributed by atoms with Crippen molar-refractivity contribution in [2.24, 2.45) is 0 Å². The maximum absolute atomic E-state index is 6.03. The maximum atomic E-state index is 6.03. The van der Waals surface area contributed by atoms with E-state index in [1.807, 2.05) is 6.92 Å². The standard InChI is InChI=1S/C17H24N2OS/c1-5-8-18-14(4)15-7-6-12(2)9-16(15)20-10-17-19-13(3)11-21-17/h6-7,9,11,14,18H,5,8,10H2,1-4H3. The quantitative estimate of drug-likeness (QED) is 0.823. The van der Waals surface area contributed by atoms with Gasteiger partial charge in [-0.3, -0.25) is 0 Å².